The van der Waals surface area contributed by atoms with Gasteiger partial charge < -0.3 is 10.2 Å². The number of rotatable bonds is 5. The van der Waals surface area contributed by atoms with Gasteiger partial charge in [-0.3, -0.25) is 14.6 Å². The molecule has 1 fully saturated rings. The minimum Gasteiger partial charge on any atom is -0.350 e. The summed E-state index contributed by atoms with van der Waals surface area (Å²) in [7, 11) is 0. The fraction of sp³-hybridized carbons (Fsp3) is 0.391. The molecule has 7 nitrogen and oxygen atoms in total. The van der Waals surface area contributed by atoms with Gasteiger partial charge in [-0.15, -0.1) is 0 Å². The number of nitrogens with zero attached hydrogens (tertiary/aromatic N) is 4. The van der Waals surface area contributed by atoms with Crippen molar-refractivity contribution in [1.82, 2.24) is 20.1 Å². The number of hydrogen-bond acceptors (Lipinski definition) is 5. The topological polar surface area (TPSA) is 80.1 Å². The van der Waals surface area contributed by atoms with Crippen LogP contribution in [0, 0.1) is 0 Å². The Morgan fingerprint density at radius 3 is 2.83 bits per heavy atom. The van der Waals surface area contributed by atoms with Crippen LogP contribution in [0.3, 0.4) is 0 Å². The number of aromatic nitrogens is 3. The van der Waals surface area contributed by atoms with Gasteiger partial charge in [0.1, 0.15) is 11.5 Å². The van der Waals surface area contributed by atoms with Crippen LogP contribution in [0.4, 0.5) is 5.82 Å². The fourth-order valence-corrected chi connectivity index (χ4v) is 4.05. The minimum absolute atomic E-state index is 0.00201. The molecule has 0 spiro atoms. The molecule has 0 bridgehead atoms. The van der Waals surface area contributed by atoms with Gasteiger partial charge in [-0.2, -0.15) is 5.10 Å². The Hall–Kier alpha value is -3.22. The zero-order valence-electron chi connectivity index (χ0n) is 17.4. The van der Waals surface area contributed by atoms with Crippen LogP contribution < -0.4 is 15.8 Å². The van der Waals surface area contributed by atoms with Gasteiger partial charge in [-0.25, -0.2) is 4.68 Å². The molecule has 0 saturated carbocycles. The van der Waals surface area contributed by atoms with E-state index in [2.05, 4.69) is 20.3 Å². The molecule has 4 rings (SSSR count). The lowest BCUT2D eigenvalue weighted by atomic mass is 10.0. The molecule has 156 valence electrons. The van der Waals surface area contributed by atoms with E-state index in [9.17, 15) is 9.59 Å². The molecule has 1 aliphatic rings. The third-order valence-electron chi connectivity index (χ3n) is 5.61. The number of carbonyl (C=O) groups is 1. The van der Waals surface area contributed by atoms with E-state index < -0.39 is 0 Å². The van der Waals surface area contributed by atoms with Gasteiger partial charge in [0.25, 0.3) is 11.5 Å². The molecule has 1 saturated heterocycles. The van der Waals surface area contributed by atoms with Gasteiger partial charge in [0.15, 0.2) is 0 Å². The van der Waals surface area contributed by atoms with E-state index in [0.717, 1.165) is 42.4 Å². The first-order chi connectivity index (χ1) is 14.5. The molecule has 0 radical (unpaired) electrons. The summed E-state index contributed by atoms with van der Waals surface area (Å²) >= 11 is 0. The van der Waals surface area contributed by atoms with Gasteiger partial charge in [0.05, 0.1) is 6.04 Å². The van der Waals surface area contributed by atoms with Crippen LogP contribution in [-0.4, -0.2) is 39.8 Å². The fourth-order valence-electron chi connectivity index (χ4n) is 4.05. The molecule has 1 aromatic carbocycles. The van der Waals surface area contributed by atoms with Crippen LogP contribution in [-0.2, 0) is 0 Å². The van der Waals surface area contributed by atoms with E-state index in [-0.39, 0.29) is 23.6 Å². The van der Waals surface area contributed by atoms with Crippen molar-refractivity contribution in [3.63, 3.8) is 0 Å². The zero-order valence-corrected chi connectivity index (χ0v) is 17.4. The molecule has 1 N–H and O–H groups in total. The number of carbonyl (C=O) groups excluding carboxylic acids is 1. The predicted molar refractivity (Wildman–Crippen MR) is 118 cm³/mol. The Labute approximate surface area is 175 Å². The van der Waals surface area contributed by atoms with Gasteiger partial charge in [0, 0.05) is 36.8 Å². The Morgan fingerprint density at radius 2 is 2.00 bits per heavy atom. The summed E-state index contributed by atoms with van der Waals surface area (Å²) in [6, 6.07) is 13.2. The summed E-state index contributed by atoms with van der Waals surface area (Å²) < 4.78 is 1.51. The SMILES string of the molecule is CC(C)n1nc(N2CCCCC2CNC(=O)c2nccc3ccccc23)ccc1=O. The Morgan fingerprint density at radius 1 is 1.17 bits per heavy atom. The quantitative estimate of drug-likeness (QED) is 0.705. The summed E-state index contributed by atoms with van der Waals surface area (Å²) in [4.78, 5) is 31.5. The summed E-state index contributed by atoms with van der Waals surface area (Å²) in [6.45, 7) is 5.26. The lowest BCUT2D eigenvalue weighted by Gasteiger charge is -2.36. The normalized spacial score (nSPS) is 16.8. The Bertz CT molecular complexity index is 1100. The average Bonchev–Trinajstić information content (AvgIpc) is 2.77. The molecule has 7 heteroatoms. The molecule has 1 atom stereocenters. The van der Waals surface area contributed by atoms with Crippen molar-refractivity contribution in [2.75, 3.05) is 18.0 Å². The van der Waals surface area contributed by atoms with Crippen molar-refractivity contribution in [2.24, 2.45) is 0 Å². The molecular formula is C23H27N5O2. The summed E-state index contributed by atoms with van der Waals surface area (Å²) in [6.07, 6.45) is 4.81. The number of nitrogens with one attached hydrogen (secondary N) is 1. The molecule has 3 aromatic rings. The second-order valence-electron chi connectivity index (χ2n) is 8.00. The summed E-state index contributed by atoms with van der Waals surface area (Å²) in [5.74, 6) is 0.614. The minimum atomic E-state index is -0.169. The highest BCUT2D eigenvalue weighted by atomic mass is 16.2. The third kappa shape index (κ3) is 4.06. The first-order valence-electron chi connectivity index (χ1n) is 10.5. The number of fused-ring (bicyclic) bond motifs is 1. The van der Waals surface area contributed by atoms with Crippen molar-refractivity contribution in [1.29, 1.82) is 0 Å². The van der Waals surface area contributed by atoms with Gasteiger partial charge in [-0.1, -0.05) is 24.3 Å². The van der Waals surface area contributed by atoms with Gasteiger partial charge in [0.2, 0.25) is 0 Å². The lowest BCUT2D eigenvalue weighted by Crippen LogP contribution is -2.47. The molecular weight excluding hydrogens is 378 g/mol. The highest BCUT2D eigenvalue weighted by Gasteiger charge is 2.25. The monoisotopic (exact) mass is 405 g/mol. The zero-order chi connectivity index (χ0) is 21.1. The summed E-state index contributed by atoms with van der Waals surface area (Å²) in [5.41, 5.74) is 0.347. The van der Waals surface area contributed by atoms with Crippen LogP contribution in [0.5, 0.6) is 0 Å². The molecule has 30 heavy (non-hydrogen) atoms. The van der Waals surface area contributed by atoms with Crippen LogP contribution in [0.1, 0.15) is 49.6 Å². The van der Waals surface area contributed by atoms with E-state index in [1.165, 1.54) is 4.68 Å². The molecule has 1 aliphatic heterocycles. The standard InChI is InChI=1S/C23H27N5O2/c1-16(2)28-21(29)11-10-20(26-28)27-14-6-5-8-18(27)15-25-23(30)22-19-9-4-3-7-17(19)12-13-24-22/h3-4,7,9-13,16,18H,5-6,8,14-15H2,1-2H3,(H,25,30). The van der Waals surface area contributed by atoms with E-state index in [0.29, 0.717) is 12.2 Å². The number of amides is 1. The molecule has 1 amide bonds. The second-order valence-corrected chi connectivity index (χ2v) is 8.00. The highest BCUT2D eigenvalue weighted by Crippen LogP contribution is 2.23. The molecule has 3 heterocycles. The van der Waals surface area contributed by atoms with E-state index in [1.54, 1.807) is 18.3 Å². The van der Waals surface area contributed by atoms with Crippen LogP contribution >= 0.6 is 0 Å². The smallest absolute Gasteiger partial charge is 0.270 e. The molecule has 2 aromatic heterocycles. The maximum Gasteiger partial charge on any atom is 0.270 e. The van der Waals surface area contributed by atoms with E-state index in [4.69, 9.17) is 0 Å². The number of hydrogen-bond donors (Lipinski definition) is 1. The number of pyridine rings is 1. The van der Waals surface area contributed by atoms with E-state index in [1.807, 2.05) is 44.2 Å². The van der Waals surface area contributed by atoms with Crippen molar-refractivity contribution in [3.05, 3.63) is 64.7 Å². The largest absolute Gasteiger partial charge is 0.350 e. The Balaban J connectivity index is 1.52. The Kier molecular flexibility index (Phi) is 5.79. The van der Waals surface area contributed by atoms with Crippen LogP contribution in [0.25, 0.3) is 10.8 Å². The van der Waals surface area contributed by atoms with Crippen molar-refractivity contribution < 1.29 is 4.79 Å². The van der Waals surface area contributed by atoms with Crippen LogP contribution in [0.2, 0.25) is 0 Å². The van der Waals surface area contributed by atoms with Crippen molar-refractivity contribution in [3.8, 4) is 0 Å². The number of piperidine rings is 1. The van der Waals surface area contributed by atoms with E-state index >= 15 is 0 Å². The maximum absolute atomic E-state index is 12.9. The average molecular weight is 406 g/mol. The molecule has 1 unspecified atom stereocenters. The van der Waals surface area contributed by atoms with Crippen molar-refractivity contribution >= 4 is 22.5 Å². The van der Waals surface area contributed by atoms with Gasteiger partial charge in [-0.05, 0) is 50.6 Å². The highest BCUT2D eigenvalue weighted by molar-refractivity contribution is 6.05. The van der Waals surface area contributed by atoms with Crippen LogP contribution in [0.15, 0.2) is 53.5 Å². The van der Waals surface area contributed by atoms with Gasteiger partial charge >= 0.3 is 0 Å². The predicted octanol–water partition coefficient (Wildman–Crippen LogP) is 3.16. The van der Waals surface area contributed by atoms with Crippen molar-refractivity contribution in [2.45, 2.75) is 45.2 Å². The number of anilines is 1. The maximum atomic E-state index is 12.9. The molecule has 0 aliphatic carbocycles. The first kappa shape index (κ1) is 20.1. The second kappa shape index (κ2) is 8.65. The third-order valence-corrected chi connectivity index (χ3v) is 5.61. The first-order valence-corrected chi connectivity index (χ1v) is 10.5. The number of benzene rings is 1. The summed E-state index contributed by atoms with van der Waals surface area (Å²) in [5, 5.41) is 9.49. The lowest BCUT2D eigenvalue weighted by molar-refractivity contribution is 0.0946.